The van der Waals surface area contributed by atoms with Gasteiger partial charge in [-0.2, -0.15) is 0 Å². The molecule has 3 heteroatoms. The van der Waals surface area contributed by atoms with E-state index in [0.29, 0.717) is 6.73 Å². The van der Waals surface area contributed by atoms with Gasteiger partial charge in [-0.25, -0.2) is 0 Å². The Bertz CT molecular complexity index is 222. The molecule has 0 amide bonds. The van der Waals surface area contributed by atoms with Crippen molar-refractivity contribution in [3.8, 4) is 0 Å². The number of methoxy groups -OCH3 is 1. The van der Waals surface area contributed by atoms with Crippen LogP contribution in [0.15, 0.2) is 11.4 Å². The Balaban J connectivity index is 2.67. The van der Waals surface area contributed by atoms with E-state index in [4.69, 9.17) is 4.74 Å². The van der Waals surface area contributed by atoms with Gasteiger partial charge in [-0.1, -0.05) is 0 Å². The lowest BCUT2D eigenvalue weighted by atomic mass is 10.3. The maximum Gasteiger partial charge on any atom is 0.118 e. The topological polar surface area (TPSA) is 12.5 Å². The first-order valence-corrected chi connectivity index (χ1v) is 4.38. The highest BCUT2D eigenvalue weighted by atomic mass is 32.1. The summed E-state index contributed by atoms with van der Waals surface area (Å²) < 4.78 is 5.02. The number of ether oxygens (including phenoxy) is 1. The number of aryl methyl sites for hydroxylation is 1. The molecule has 62 valence electrons. The van der Waals surface area contributed by atoms with Crippen molar-refractivity contribution in [3.63, 3.8) is 0 Å². The van der Waals surface area contributed by atoms with Crippen LogP contribution in [0, 0.1) is 6.92 Å². The zero-order valence-corrected chi connectivity index (χ0v) is 7.94. The Labute approximate surface area is 71.4 Å². The summed E-state index contributed by atoms with van der Waals surface area (Å²) in [6.45, 7) is 2.76. The van der Waals surface area contributed by atoms with Gasteiger partial charge in [0.1, 0.15) is 6.73 Å². The summed E-state index contributed by atoms with van der Waals surface area (Å²) in [5, 5.41) is 3.38. The fourth-order valence-electron chi connectivity index (χ4n) is 1.01. The summed E-state index contributed by atoms with van der Waals surface area (Å²) in [6.07, 6.45) is 0. The molecule has 0 spiro atoms. The van der Waals surface area contributed by atoms with Gasteiger partial charge >= 0.3 is 0 Å². The van der Waals surface area contributed by atoms with Gasteiger partial charge in [-0.05, 0) is 23.9 Å². The number of nitrogens with zero attached hydrogens (tertiary/aromatic N) is 1. The summed E-state index contributed by atoms with van der Waals surface area (Å²) in [5.41, 5.74) is 1.31. The lowest BCUT2D eigenvalue weighted by molar-refractivity contribution is 0.202. The van der Waals surface area contributed by atoms with Gasteiger partial charge in [0.05, 0.1) is 5.00 Å². The minimum atomic E-state index is 0.654. The molecular formula is C8H13NOS. The Morgan fingerprint density at radius 3 is 2.82 bits per heavy atom. The molecule has 1 rings (SSSR count). The molecule has 0 bridgehead atoms. The molecule has 0 aliphatic rings. The molecular weight excluding hydrogens is 158 g/mol. The average Bonchev–Trinajstić information content (AvgIpc) is 2.36. The number of rotatable bonds is 3. The van der Waals surface area contributed by atoms with Crippen LogP contribution in [-0.2, 0) is 4.74 Å². The summed E-state index contributed by atoms with van der Waals surface area (Å²) in [5.74, 6) is 0. The molecule has 0 saturated heterocycles. The van der Waals surface area contributed by atoms with Crippen molar-refractivity contribution in [2.45, 2.75) is 6.92 Å². The van der Waals surface area contributed by atoms with Crippen molar-refractivity contribution in [2.75, 3.05) is 25.8 Å². The lowest BCUT2D eigenvalue weighted by Gasteiger charge is -2.16. The van der Waals surface area contributed by atoms with E-state index in [1.165, 1.54) is 10.6 Å². The number of hydrogen-bond donors (Lipinski definition) is 0. The van der Waals surface area contributed by atoms with Crippen molar-refractivity contribution in [1.82, 2.24) is 0 Å². The highest BCUT2D eigenvalue weighted by Crippen LogP contribution is 2.25. The summed E-state index contributed by atoms with van der Waals surface area (Å²) >= 11 is 1.74. The molecule has 0 aromatic carbocycles. The molecule has 0 radical (unpaired) electrons. The standard InChI is InChI=1S/C8H13NOS/c1-7-4-5-11-8(7)9(2)6-10-3/h4-5H,6H2,1-3H3. The van der Waals surface area contributed by atoms with Crippen LogP contribution >= 0.6 is 11.3 Å². The quantitative estimate of drug-likeness (QED) is 0.646. The van der Waals surface area contributed by atoms with Crippen LogP contribution in [0.2, 0.25) is 0 Å². The van der Waals surface area contributed by atoms with Crippen LogP contribution < -0.4 is 4.90 Å². The van der Waals surface area contributed by atoms with E-state index < -0.39 is 0 Å². The Hall–Kier alpha value is -0.540. The minimum Gasteiger partial charge on any atom is -0.364 e. The number of hydrogen-bond acceptors (Lipinski definition) is 3. The van der Waals surface area contributed by atoms with Crippen LogP contribution in [0.5, 0.6) is 0 Å². The van der Waals surface area contributed by atoms with Crippen molar-refractivity contribution in [2.24, 2.45) is 0 Å². The third-order valence-electron chi connectivity index (χ3n) is 1.50. The highest BCUT2D eigenvalue weighted by Gasteiger charge is 2.03. The fourth-order valence-corrected chi connectivity index (χ4v) is 1.90. The molecule has 1 aromatic rings. The van der Waals surface area contributed by atoms with E-state index in [1.54, 1.807) is 18.4 Å². The SMILES string of the molecule is COCN(C)c1sccc1C. The van der Waals surface area contributed by atoms with Gasteiger partial charge in [0.25, 0.3) is 0 Å². The molecule has 0 atom stereocenters. The zero-order valence-electron chi connectivity index (χ0n) is 7.13. The van der Waals surface area contributed by atoms with E-state index in [2.05, 4.69) is 23.3 Å². The summed E-state index contributed by atoms with van der Waals surface area (Å²) in [7, 11) is 3.74. The second-order valence-electron chi connectivity index (χ2n) is 2.52. The molecule has 0 saturated carbocycles. The van der Waals surface area contributed by atoms with Crippen molar-refractivity contribution in [1.29, 1.82) is 0 Å². The van der Waals surface area contributed by atoms with Crippen LogP contribution in [0.25, 0.3) is 0 Å². The Morgan fingerprint density at radius 2 is 2.36 bits per heavy atom. The van der Waals surface area contributed by atoms with Gasteiger partial charge in [0, 0.05) is 14.2 Å². The van der Waals surface area contributed by atoms with Gasteiger partial charge in [-0.15, -0.1) is 11.3 Å². The third-order valence-corrected chi connectivity index (χ3v) is 2.63. The lowest BCUT2D eigenvalue weighted by Crippen LogP contribution is -2.19. The maximum atomic E-state index is 5.02. The molecule has 0 N–H and O–H groups in total. The van der Waals surface area contributed by atoms with Gasteiger partial charge in [0.15, 0.2) is 0 Å². The van der Waals surface area contributed by atoms with E-state index in [9.17, 15) is 0 Å². The molecule has 0 aliphatic carbocycles. The molecule has 1 heterocycles. The highest BCUT2D eigenvalue weighted by molar-refractivity contribution is 7.14. The largest absolute Gasteiger partial charge is 0.364 e. The zero-order chi connectivity index (χ0) is 8.27. The van der Waals surface area contributed by atoms with Crippen LogP contribution in [0.1, 0.15) is 5.56 Å². The van der Waals surface area contributed by atoms with Gasteiger partial charge in [-0.3, -0.25) is 0 Å². The molecule has 11 heavy (non-hydrogen) atoms. The average molecular weight is 171 g/mol. The molecule has 0 fully saturated rings. The number of thiophene rings is 1. The summed E-state index contributed by atoms with van der Waals surface area (Å²) in [4.78, 5) is 2.10. The smallest absolute Gasteiger partial charge is 0.118 e. The minimum absolute atomic E-state index is 0.654. The first-order valence-electron chi connectivity index (χ1n) is 3.50. The molecule has 0 aliphatic heterocycles. The Morgan fingerprint density at radius 1 is 1.64 bits per heavy atom. The van der Waals surface area contributed by atoms with E-state index >= 15 is 0 Å². The van der Waals surface area contributed by atoms with Crippen molar-refractivity contribution < 1.29 is 4.74 Å². The second-order valence-corrected chi connectivity index (χ2v) is 3.42. The van der Waals surface area contributed by atoms with Gasteiger partial charge in [0.2, 0.25) is 0 Å². The van der Waals surface area contributed by atoms with E-state index in [1.807, 2.05) is 7.05 Å². The van der Waals surface area contributed by atoms with Crippen LogP contribution in [-0.4, -0.2) is 20.9 Å². The fraction of sp³-hybridized carbons (Fsp3) is 0.500. The first-order chi connectivity index (χ1) is 5.25. The van der Waals surface area contributed by atoms with Crippen LogP contribution in [0.3, 0.4) is 0 Å². The maximum absolute atomic E-state index is 5.02. The van der Waals surface area contributed by atoms with Crippen molar-refractivity contribution >= 4 is 16.3 Å². The number of anilines is 1. The third kappa shape index (κ3) is 1.94. The normalized spacial score (nSPS) is 10.1. The van der Waals surface area contributed by atoms with Crippen molar-refractivity contribution in [3.05, 3.63) is 17.0 Å². The molecule has 1 aromatic heterocycles. The predicted octanol–water partition coefficient (Wildman–Crippen LogP) is 2.10. The predicted molar refractivity (Wildman–Crippen MR) is 49.3 cm³/mol. The van der Waals surface area contributed by atoms with E-state index in [0.717, 1.165) is 0 Å². The first kappa shape index (κ1) is 8.56. The molecule has 0 unspecified atom stereocenters. The summed E-state index contributed by atoms with van der Waals surface area (Å²) in [6, 6.07) is 2.12. The second kappa shape index (κ2) is 3.74. The molecule has 2 nitrogen and oxygen atoms in total. The van der Waals surface area contributed by atoms with E-state index in [-0.39, 0.29) is 0 Å². The monoisotopic (exact) mass is 171 g/mol. The van der Waals surface area contributed by atoms with Gasteiger partial charge < -0.3 is 9.64 Å². The van der Waals surface area contributed by atoms with Crippen LogP contribution in [0.4, 0.5) is 5.00 Å². The Kier molecular flexibility index (Phi) is 2.91.